The molecule has 1 unspecified atom stereocenters. The third-order valence-electron chi connectivity index (χ3n) is 5.29. The zero-order valence-corrected chi connectivity index (χ0v) is 15.9. The van der Waals surface area contributed by atoms with E-state index in [1.807, 2.05) is 29.2 Å². The fourth-order valence-electron chi connectivity index (χ4n) is 3.76. The Morgan fingerprint density at radius 1 is 1.31 bits per heavy atom. The molecule has 1 saturated heterocycles. The molecule has 0 saturated carbocycles. The van der Waals surface area contributed by atoms with Gasteiger partial charge in [0.1, 0.15) is 0 Å². The van der Waals surface area contributed by atoms with Gasteiger partial charge in [-0.3, -0.25) is 9.59 Å². The molecule has 0 bridgehead atoms. The van der Waals surface area contributed by atoms with E-state index in [2.05, 4.69) is 13.8 Å². The zero-order chi connectivity index (χ0) is 18.5. The van der Waals surface area contributed by atoms with Crippen molar-refractivity contribution in [2.45, 2.75) is 52.2 Å². The van der Waals surface area contributed by atoms with Gasteiger partial charge in [0.05, 0.1) is 12.7 Å². The average molecular weight is 358 g/mol. The van der Waals surface area contributed by atoms with Gasteiger partial charge in [0.15, 0.2) is 0 Å². The number of hydrogen-bond acceptors (Lipinski definition) is 3. The van der Waals surface area contributed by atoms with E-state index in [0.717, 1.165) is 24.0 Å². The minimum Gasteiger partial charge on any atom is -0.375 e. The van der Waals surface area contributed by atoms with Crippen LogP contribution in [0.15, 0.2) is 24.3 Å². The van der Waals surface area contributed by atoms with Gasteiger partial charge in [-0.25, -0.2) is 0 Å². The van der Waals surface area contributed by atoms with Crippen LogP contribution in [0, 0.1) is 5.92 Å². The van der Waals surface area contributed by atoms with E-state index in [1.54, 1.807) is 4.90 Å². The quantitative estimate of drug-likeness (QED) is 0.753. The summed E-state index contributed by atoms with van der Waals surface area (Å²) >= 11 is 0. The van der Waals surface area contributed by atoms with Crippen molar-refractivity contribution in [1.82, 2.24) is 9.80 Å². The summed E-state index contributed by atoms with van der Waals surface area (Å²) in [5.41, 5.74) is 1.83. The van der Waals surface area contributed by atoms with Crippen LogP contribution in [-0.4, -0.2) is 54.0 Å². The van der Waals surface area contributed by atoms with Gasteiger partial charge in [0.25, 0.3) is 5.91 Å². The molecule has 1 atom stereocenters. The first kappa shape index (κ1) is 18.9. The third-order valence-corrected chi connectivity index (χ3v) is 5.29. The molecule has 1 fully saturated rings. The Kier molecular flexibility index (Phi) is 6.30. The minimum atomic E-state index is 0.0435. The van der Waals surface area contributed by atoms with Gasteiger partial charge in [-0.05, 0) is 24.0 Å². The smallest absolute Gasteiger partial charge is 0.254 e. The summed E-state index contributed by atoms with van der Waals surface area (Å²) in [4.78, 5) is 28.7. The van der Waals surface area contributed by atoms with Crippen molar-refractivity contribution in [3.8, 4) is 0 Å². The Morgan fingerprint density at radius 3 is 2.88 bits per heavy atom. The first-order valence-electron chi connectivity index (χ1n) is 9.81. The monoisotopic (exact) mass is 358 g/mol. The molecule has 26 heavy (non-hydrogen) atoms. The van der Waals surface area contributed by atoms with E-state index in [-0.39, 0.29) is 17.9 Å². The Hall–Kier alpha value is -1.88. The second-order valence-electron chi connectivity index (χ2n) is 7.79. The second kappa shape index (κ2) is 8.67. The number of nitrogens with zero attached hydrogens (tertiary/aromatic N) is 2. The Bertz CT molecular complexity index is 644. The fourth-order valence-corrected chi connectivity index (χ4v) is 3.76. The van der Waals surface area contributed by atoms with Crippen LogP contribution in [0.2, 0.25) is 0 Å². The summed E-state index contributed by atoms with van der Waals surface area (Å²) in [5, 5.41) is 0. The van der Waals surface area contributed by atoms with E-state index < -0.39 is 0 Å². The van der Waals surface area contributed by atoms with Crippen LogP contribution in [0.25, 0.3) is 0 Å². The molecule has 1 aromatic rings. The standard InChI is InChI=1S/C21H30N2O3/c1-16(2)6-5-8-18-15-22(12-13-26-18)20(24)10-11-23-14-17-7-3-4-9-19(17)21(23)25/h3-4,7,9,16,18H,5-6,8,10-15H2,1-2H3. The molecule has 5 nitrogen and oxygen atoms in total. The Labute approximate surface area is 156 Å². The highest BCUT2D eigenvalue weighted by Gasteiger charge is 2.28. The minimum absolute atomic E-state index is 0.0435. The van der Waals surface area contributed by atoms with Crippen LogP contribution in [0.5, 0.6) is 0 Å². The van der Waals surface area contributed by atoms with Crippen molar-refractivity contribution >= 4 is 11.8 Å². The van der Waals surface area contributed by atoms with E-state index >= 15 is 0 Å². The SMILES string of the molecule is CC(C)CCCC1CN(C(=O)CCN2Cc3ccccc3C2=O)CCO1. The highest BCUT2D eigenvalue weighted by atomic mass is 16.5. The molecule has 3 rings (SSSR count). The second-order valence-corrected chi connectivity index (χ2v) is 7.79. The number of morpholine rings is 1. The van der Waals surface area contributed by atoms with Crippen molar-refractivity contribution in [2.75, 3.05) is 26.2 Å². The number of carbonyl (C=O) groups is 2. The molecule has 0 radical (unpaired) electrons. The van der Waals surface area contributed by atoms with Gasteiger partial charge < -0.3 is 14.5 Å². The summed E-state index contributed by atoms with van der Waals surface area (Å²) in [5.74, 6) is 0.881. The largest absolute Gasteiger partial charge is 0.375 e. The summed E-state index contributed by atoms with van der Waals surface area (Å²) in [6, 6.07) is 7.69. The Morgan fingerprint density at radius 2 is 2.12 bits per heavy atom. The lowest BCUT2D eigenvalue weighted by Gasteiger charge is -2.33. The van der Waals surface area contributed by atoms with Gasteiger partial charge >= 0.3 is 0 Å². The maximum Gasteiger partial charge on any atom is 0.254 e. The van der Waals surface area contributed by atoms with Gasteiger partial charge in [-0.2, -0.15) is 0 Å². The first-order valence-corrected chi connectivity index (χ1v) is 9.81. The van der Waals surface area contributed by atoms with Crippen molar-refractivity contribution in [3.63, 3.8) is 0 Å². The van der Waals surface area contributed by atoms with Crippen LogP contribution in [0.3, 0.4) is 0 Å². The lowest BCUT2D eigenvalue weighted by molar-refractivity contribution is -0.139. The normalized spacial score (nSPS) is 20.0. The van der Waals surface area contributed by atoms with E-state index in [0.29, 0.717) is 45.1 Å². The number of benzene rings is 1. The molecule has 2 aliphatic heterocycles. The van der Waals surface area contributed by atoms with Crippen LogP contribution >= 0.6 is 0 Å². The number of carbonyl (C=O) groups excluding carboxylic acids is 2. The number of ether oxygens (including phenoxy) is 1. The lowest BCUT2D eigenvalue weighted by Crippen LogP contribution is -2.46. The summed E-state index contributed by atoms with van der Waals surface area (Å²) < 4.78 is 5.82. The maximum atomic E-state index is 12.6. The van der Waals surface area contributed by atoms with Gasteiger partial charge in [-0.15, -0.1) is 0 Å². The van der Waals surface area contributed by atoms with Gasteiger partial charge in [-0.1, -0.05) is 44.9 Å². The molecule has 0 N–H and O–H groups in total. The number of fused-ring (bicyclic) bond motifs is 1. The van der Waals surface area contributed by atoms with Crippen molar-refractivity contribution < 1.29 is 14.3 Å². The number of hydrogen-bond donors (Lipinski definition) is 0. The van der Waals surface area contributed by atoms with Crippen LogP contribution in [0.1, 0.15) is 55.5 Å². The van der Waals surface area contributed by atoms with E-state index in [9.17, 15) is 9.59 Å². The average Bonchev–Trinajstić information content (AvgIpc) is 2.96. The Balaban J connectivity index is 1.44. The topological polar surface area (TPSA) is 49.9 Å². The first-order chi connectivity index (χ1) is 12.5. The van der Waals surface area contributed by atoms with Gasteiger partial charge in [0.2, 0.25) is 5.91 Å². The zero-order valence-electron chi connectivity index (χ0n) is 15.9. The molecule has 0 spiro atoms. The lowest BCUT2D eigenvalue weighted by atomic mass is 10.0. The molecule has 1 aromatic carbocycles. The van der Waals surface area contributed by atoms with Crippen LogP contribution < -0.4 is 0 Å². The van der Waals surface area contributed by atoms with Gasteiger partial charge in [0, 0.05) is 38.2 Å². The molecule has 2 aliphatic rings. The highest BCUT2D eigenvalue weighted by molar-refractivity contribution is 5.98. The van der Waals surface area contributed by atoms with E-state index in [1.165, 1.54) is 6.42 Å². The number of amides is 2. The molecular weight excluding hydrogens is 328 g/mol. The predicted molar refractivity (Wildman–Crippen MR) is 101 cm³/mol. The fraction of sp³-hybridized carbons (Fsp3) is 0.619. The number of rotatable bonds is 7. The van der Waals surface area contributed by atoms with Crippen LogP contribution in [-0.2, 0) is 16.1 Å². The van der Waals surface area contributed by atoms with E-state index in [4.69, 9.17) is 4.74 Å². The summed E-state index contributed by atoms with van der Waals surface area (Å²) in [6.45, 7) is 7.53. The summed E-state index contributed by atoms with van der Waals surface area (Å²) in [7, 11) is 0. The molecule has 2 heterocycles. The maximum absolute atomic E-state index is 12.6. The van der Waals surface area contributed by atoms with Crippen molar-refractivity contribution in [2.24, 2.45) is 5.92 Å². The van der Waals surface area contributed by atoms with Crippen LogP contribution in [0.4, 0.5) is 0 Å². The van der Waals surface area contributed by atoms with Crippen molar-refractivity contribution in [1.29, 1.82) is 0 Å². The predicted octanol–water partition coefficient (Wildman–Crippen LogP) is 3.09. The highest BCUT2D eigenvalue weighted by Crippen LogP contribution is 2.22. The summed E-state index contributed by atoms with van der Waals surface area (Å²) in [6.07, 6.45) is 3.90. The third kappa shape index (κ3) is 4.64. The molecule has 2 amide bonds. The molecule has 0 aliphatic carbocycles. The molecule has 142 valence electrons. The molecule has 5 heteroatoms. The van der Waals surface area contributed by atoms with Crippen molar-refractivity contribution in [3.05, 3.63) is 35.4 Å². The molecular formula is C21H30N2O3. The molecule has 0 aromatic heterocycles.